The number of amides is 1. The van der Waals surface area contributed by atoms with Gasteiger partial charge in [0.2, 0.25) is 5.91 Å². The molecule has 0 fully saturated rings. The van der Waals surface area contributed by atoms with Crippen molar-refractivity contribution >= 4 is 11.9 Å². The lowest BCUT2D eigenvalue weighted by Crippen LogP contribution is -2.51. The van der Waals surface area contributed by atoms with Crippen LogP contribution in [-0.2, 0) is 26.9 Å². The highest BCUT2D eigenvalue weighted by molar-refractivity contribution is 5.80. The van der Waals surface area contributed by atoms with E-state index in [1.54, 1.807) is 0 Å². The summed E-state index contributed by atoms with van der Waals surface area (Å²) in [4.78, 5) is 22.9. The number of aliphatic carboxylic acids is 1. The van der Waals surface area contributed by atoms with Gasteiger partial charge in [0.1, 0.15) is 0 Å². The van der Waals surface area contributed by atoms with Crippen molar-refractivity contribution in [1.29, 1.82) is 0 Å². The fraction of sp³-hybridized carbons (Fsp3) is 0.467. The Kier molecular flexibility index (Phi) is 6.14. The number of ether oxygens (including phenoxy) is 1. The minimum atomic E-state index is -4.56. The first-order valence-electron chi connectivity index (χ1n) is 6.74. The molecule has 5 nitrogen and oxygen atoms in total. The van der Waals surface area contributed by atoms with Gasteiger partial charge in [-0.15, -0.1) is 0 Å². The van der Waals surface area contributed by atoms with Gasteiger partial charge in [0.15, 0.2) is 0 Å². The first-order chi connectivity index (χ1) is 10.6. The summed E-state index contributed by atoms with van der Waals surface area (Å²) in [6.45, 7) is 1.38. The Hall–Kier alpha value is -2.09. The van der Waals surface area contributed by atoms with E-state index >= 15 is 0 Å². The first-order valence-corrected chi connectivity index (χ1v) is 6.74. The molecule has 1 rings (SSSR count). The third-order valence-corrected chi connectivity index (χ3v) is 3.12. The molecule has 0 aromatic heterocycles. The molecule has 1 amide bonds. The number of halogens is 3. The summed E-state index contributed by atoms with van der Waals surface area (Å²) in [5.41, 5.74) is -2.26. The molecule has 1 unspecified atom stereocenters. The zero-order valence-electron chi connectivity index (χ0n) is 12.7. The van der Waals surface area contributed by atoms with Crippen LogP contribution in [0.1, 0.15) is 24.5 Å². The van der Waals surface area contributed by atoms with Gasteiger partial charge in [-0.05, 0) is 18.6 Å². The molecule has 0 spiro atoms. The fourth-order valence-electron chi connectivity index (χ4n) is 2.29. The van der Waals surface area contributed by atoms with Gasteiger partial charge < -0.3 is 15.2 Å². The van der Waals surface area contributed by atoms with E-state index < -0.39 is 42.0 Å². The van der Waals surface area contributed by atoms with Crippen molar-refractivity contribution in [3.05, 3.63) is 35.4 Å². The lowest BCUT2D eigenvalue weighted by molar-refractivity contribution is -0.139. The number of nitrogens with one attached hydrogen (secondary N) is 1. The molecule has 0 aliphatic carbocycles. The predicted octanol–water partition coefficient (Wildman–Crippen LogP) is 2.24. The normalized spacial score (nSPS) is 14.1. The molecule has 128 valence electrons. The molecule has 2 N–H and O–H groups in total. The maximum absolute atomic E-state index is 12.9. The maximum Gasteiger partial charge on any atom is 0.416 e. The molecule has 1 aromatic carbocycles. The maximum atomic E-state index is 12.9. The van der Waals surface area contributed by atoms with Crippen LogP contribution in [0.5, 0.6) is 0 Å². The van der Waals surface area contributed by atoms with Gasteiger partial charge in [-0.25, -0.2) is 0 Å². The Balaban J connectivity index is 2.90. The number of hydrogen-bond acceptors (Lipinski definition) is 3. The van der Waals surface area contributed by atoms with Crippen LogP contribution >= 0.6 is 0 Å². The van der Waals surface area contributed by atoms with Crippen molar-refractivity contribution in [3.8, 4) is 0 Å². The Morgan fingerprint density at radius 2 is 1.87 bits per heavy atom. The van der Waals surface area contributed by atoms with Crippen molar-refractivity contribution < 1.29 is 32.6 Å². The number of carboxylic acids is 1. The Labute approximate surface area is 131 Å². The number of rotatable bonds is 7. The monoisotopic (exact) mass is 333 g/mol. The second-order valence-electron chi connectivity index (χ2n) is 5.44. The highest BCUT2D eigenvalue weighted by Gasteiger charge is 2.34. The van der Waals surface area contributed by atoms with E-state index in [4.69, 9.17) is 9.84 Å². The Bertz CT molecular complexity index is 574. The van der Waals surface area contributed by atoms with Gasteiger partial charge in [0.25, 0.3) is 0 Å². The quantitative estimate of drug-likeness (QED) is 0.802. The topological polar surface area (TPSA) is 75.6 Å². The third-order valence-electron chi connectivity index (χ3n) is 3.12. The second kappa shape index (κ2) is 7.45. The standard InChI is InChI=1S/C15H18F3NO4/c1-14(9-23-2,8-13(21)22)19-12(20)7-10-5-3-4-6-11(10)15(16,17)18/h3-6H,7-9H2,1-2H3,(H,19,20)(H,21,22). The number of carboxylic acid groups (broad SMARTS) is 1. The average molecular weight is 333 g/mol. The highest BCUT2D eigenvalue weighted by Crippen LogP contribution is 2.32. The van der Waals surface area contributed by atoms with Crippen molar-refractivity contribution in [1.82, 2.24) is 5.32 Å². The molecule has 0 aliphatic rings. The molecule has 0 heterocycles. The van der Waals surface area contributed by atoms with E-state index in [9.17, 15) is 22.8 Å². The molecule has 23 heavy (non-hydrogen) atoms. The Morgan fingerprint density at radius 1 is 1.26 bits per heavy atom. The summed E-state index contributed by atoms with van der Waals surface area (Å²) in [6.07, 6.45) is -5.48. The molecule has 8 heteroatoms. The van der Waals surface area contributed by atoms with Gasteiger partial charge in [-0.2, -0.15) is 13.2 Å². The summed E-state index contributed by atoms with van der Waals surface area (Å²) in [7, 11) is 1.34. The summed E-state index contributed by atoms with van der Waals surface area (Å²) >= 11 is 0. The van der Waals surface area contributed by atoms with Crippen molar-refractivity contribution in [2.24, 2.45) is 0 Å². The minimum Gasteiger partial charge on any atom is -0.481 e. The summed E-state index contributed by atoms with van der Waals surface area (Å²) < 4.78 is 43.6. The van der Waals surface area contributed by atoms with Crippen LogP contribution in [0, 0.1) is 0 Å². The average Bonchev–Trinajstić information content (AvgIpc) is 2.36. The smallest absolute Gasteiger partial charge is 0.416 e. The highest BCUT2D eigenvalue weighted by atomic mass is 19.4. The SMILES string of the molecule is COCC(C)(CC(=O)O)NC(=O)Cc1ccccc1C(F)(F)F. The number of carbonyl (C=O) groups is 2. The zero-order chi connectivity index (χ0) is 17.7. The second-order valence-corrected chi connectivity index (χ2v) is 5.44. The van der Waals surface area contributed by atoms with Crippen LogP contribution in [0.4, 0.5) is 13.2 Å². The van der Waals surface area contributed by atoms with Gasteiger partial charge in [0.05, 0.1) is 30.6 Å². The summed E-state index contributed by atoms with van der Waals surface area (Å²) in [6, 6.07) is 4.76. The van der Waals surface area contributed by atoms with Crippen LogP contribution < -0.4 is 5.32 Å². The van der Waals surface area contributed by atoms with Crippen molar-refractivity contribution in [2.45, 2.75) is 31.5 Å². The van der Waals surface area contributed by atoms with Crippen LogP contribution in [-0.4, -0.2) is 36.2 Å². The molecular weight excluding hydrogens is 315 g/mol. The molecule has 0 saturated heterocycles. The van der Waals surface area contributed by atoms with Crippen LogP contribution in [0.25, 0.3) is 0 Å². The van der Waals surface area contributed by atoms with Crippen LogP contribution in [0.3, 0.4) is 0 Å². The lowest BCUT2D eigenvalue weighted by Gasteiger charge is -2.28. The van der Waals surface area contributed by atoms with E-state index in [0.29, 0.717) is 0 Å². The van der Waals surface area contributed by atoms with E-state index in [0.717, 1.165) is 6.07 Å². The van der Waals surface area contributed by atoms with Crippen LogP contribution in [0.2, 0.25) is 0 Å². The van der Waals surface area contributed by atoms with E-state index in [2.05, 4.69) is 5.32 Å². The molecule has 0 saturated carbocycles. The largest absolute Gasteiger partial charge is 0.481 e. The number of hydrogen-bond donors (Lipinski definition) is 2. The fourth-order valence-corrected chi connectivity index (χ4v) is 2.29. The zero-order valence-corrected chi connectivity index (χ0v) is 12.7. The number of carbonyl (C=O) groups excluding carboxylic acids is 1. The molecule has 1 aromatic rings. The predicted molar refractivity (Wildman–Crippen MR) is 75.8 cm³/mol. The Morgan fingerprint density at radius 3 is 2.39 bits per heavy atom. The molecule has 0 aliphatic heterocycles. The summed E-state index contributed by atoms with van der Waals surface area (Å²) in [5.74, 6) is -1.86. The van der Waals surface area contributed by atoms with Gasteiger partial charge >= 0.3 is 12.1 Å². The molecular formula is C15H18F3NO4. The number of methoxy groups -OCH3 is 1. The molecule has 0 radical (unpaired) electrons. The van der Waals surface area contributed by atoms with E-state index in [1.165, 1.54) is 32.2 Å². The van der Waals surface area contributed by atoms with E-state index in [1.807, 2.05) is 0 Å². The van der Waals surface area contributed by atoms with Crippen molar-refractivity contribution in [2.75, 3.05) is 13.7 Å². The summed E-state index contributed by atoms with van der Waals surface area (Å²) in [5, 5.41) is 11.3. The molecule has 0 bridgehead atoms. The van der Waals surface area contributed by atoms with Gasteiger partial charge in [0, 0.05) is 7.11 Å². The third kappa shape index (κ3) is 5.90. The van der Waals surface area contributed by atoms with Crippen LogP contribution in [0.15, 0.2) is 24.3 Å². The number of alkyl halides is 3. The van der Waals surface area contributed by atoms with Gasteiger partial charge in [-0.1, -0.05) is 18.2 Å². The molecule has 1 atom stereocenters. The number of benzene rings is 1. The minimum absolute atomic E-state index is 0.0774. The van der Waals surface area contributed by atoms with Gasteiger partial charge in [-0.3, -0.25) is 9.59 Å². The first kappa shape index (κ1) is 19.0. The van der Waals surface area contributed by atoms with Crippen molar-refractivity contribution in [3.63, 3.8) is 0 Å². The lowest BCUT2D eigenvalue weighted by atomic mass is 9.97. The van der Waals surface area contributed by atoms with E-state index in [-0.39, 0.29) is 12.2 Å².